The lowest BCUT2D eigenvalue weighted by Gasteiger charge is -2.26. The molecule has 0 aromatic heterocycles. The molecule has 0 spiro atoms. The van der Waals surface area contributed by atoms with E-state index in [1.807, 2.05) is 24.3 Å². The lowest BCUT2D eigenvalue weighted by molar-refractivity contribution is 0.402. The van der Waals surface area contributed by atoms with Gasteiger partial charge in [-0.15, -0.1) is 0 Å². The van der Waals surface area contributed by atoms with Gasteiger partial charge in [0.15, 0.2) is 0 Å². The highest BCUT2D eigenvalue weighted by molar-refractivity contribution is 6.30. The number of hydrogen-bond acceptors (Lipinski definition) is 2. The van der Waals surface area contributed by atoms with Crippen LogP contribution in [-0.2, 0) is 0 Å². The Balaban J connectivity index is 2.24. The Hall–Kier alpha value is -1.15. The van der Waals surface area contributed by atoms with Crippen molar-refractivity contribution in [3.8, 4) is 0 Å². The van der Waals surface area contributed by atoms with Crippen molar-refractivity contribution in [3.05, 3.63) is 45.3 Å². The van der Waals surface area contributed by atoms with Gasteiger partial charge in [-0.3, -0.25) is 0 Å². The molecule has 0 bridgehead atoms. The summed E-state index contributed by atoms with van der Waals surface area (Å²) in [5.74, 6) is 0.361. The molecule has 0 radical (unpaired) electrons. The van der Waals surface area contributed by atoms with Gasteiger partial charge in [-0.25, -0.2) is 0 Å². The molecule has 3 heteroatoms. The van der Waals surface area contributed by atoms with E-state index >= 15 is 0 Å². The molecule has 17 heavy (non-hydrogen) atoms. The molecule has 1 aliphatic carbocycles. The third-order valence-electron chi connectivity index (χ3n) is 3.38. The van der Waals surface area contributed by atoms with Crippen LogP contribution >= 0.6 is 11.6 Å². The van der Waals surface area contributed by atoms with Crippen LogP contribution < -0.4 is 0 Å². The first-order chi connectivity index (χ1) is 8.20. The van der Waals surface area contributed by atoms with Gasteiger partial charge in [-0.05, 0) is 48.4 Å². The smallest absolute Gasteiger partial charge is 0.116 e. The molecule has 2 nitrogen and oxygen atoms in total. The number of hydrogen-bond donors (Lipinski definition) is 0. The Morgan fingerprint density at radius 2 is 2.06 bits per heavy atom. The van der Waals surface area contributed by atoms with E-state index in [1.54, 1.807) is 0 Å². The summed E-state index contributed by atoms with van der Waals surface area (Å²) in [5, 5.41) is 4.01. The molecule has 1 fully saturated rings. The summed E-state index contributed by atoms with van der Waals surface area (Å²) in [5.41, 5.74) is 2.24. The Labute approximate surface area is 107 Å². The average Bonchev–Trinajstić information content (AvgIpc) is 2.32. The van der Waals surface area contributed by atoms with Gasteiger partial charge in [0.1, 0.15) is 6.04 Å². The highest BCUT2D eigenvalue weighted by atomic mass is 35.5. The molecule has 0 aliphatic heterocycles. The van der Waals surface area contributed by atoms with Gasteiger partial charge in [0.2, 0.25) is 0 Å². The number of nitrogens with zero attached hydrogens (tertiary/aromatic N) is 1. The monoisotopic (exact) mass is 249 g/mol. The molecule has 2 rings (SSSR count). The van der Waals surface area contributed by atoms with Gasteiger partial charge in [0, 0.05) is 5.02 Å². The third-order valence-corrected chi connectivity index (χ3v) is 3.63. The van der Waals surface area contributed by atoms with E-state index in [4.69, 9.17) is 11.6 Å². The SMILES string of the molecule is CC1CCCC(=Cc2ccc(Cl)cc2)C1N=O. The summed E-state index contributed by atoms with van der Waals surface area (Å²) in [6.45, 7) is 2.10. The second-order valence-electron chi connectivity index (χ2n) is 4.69. The third kappa shape index (κ3) is 2.95. The van der Waals surface area contributed by atoms with Crippen molar-refractivity contribution < 1.29 is 0 Å². The molecule has 2 atom stereocenters. The van der Waals surface area contributed by atoms with Crippen molar-refractivity contribution in [2.24, 2.45) is 11.1 Å². The number of rotatable bonds is 2. The number of halogens is 1. The van der Waals surface area contributed by atoms with Crippen molar-refractivity contribution in [2.75, 3.05) is 0 Å². The van der Waals surface area contributed by atoms with Crippen molar-refractivity contribution >= 4 is 17.7 Å². The fourth-order valence-electron chi connectivity index (χ4n) is 2.40. The molecule has 1 saturated carbocycles. The molecule has 1 aliphatic rings. The molecular weight excluding hydrogens is 234 g/mol. The standard InChI is InChI=1S/C14H16ClNO/c1-10-3-2-4-12(14(10)16-17)9-11-5-7-13(15)8-6-11/h5-10,14H,2-4H2,1H3. The Bertz CT molecular complexity index is 424. The number of benzene rings is 1. The second kappa shape index (κ2) is 5.46. The molecule has 2 unspecified atom stereocenters. The van der Waals surface area contributed by atoms with Crippen molar-refractivity contribution in [1.29, 1.82) is 0 Å². The van der Waals surface area contributed by atoms with E-state index in [-0.39, 0.29) is 6.04 Å². The fourth-order valence-corrected chi connectivity index (χ4v) is 2.53. The minimum absolute atomic E-state index is 0.153. The van der Waals surface area contributed by atoms with E-state index in [0.717, 1.165) is 35.4 Å². The van der Waals surface area contributed by atoms with Gasteiger partial charge in [-0.1, -0.05) is 41.9 Å². The van der Waals surface area contributed by atoms with Crippen molar-refractivity contribution in [2.45, 2.75) is 32.2 Å². The zero-order valence-corrected chi connectivity index (χ0v) is 10.7. The van der Waals surface area contributed by atoms with Crippen LogP contribution in [0.25, 0.3) is 6.08 Å². The molecule has 1 aromatic rings. The van der Waals surface area contributed by atoms with E-state index in [9.17, 15) is 4.91 Å². The molecule has 0 amide bonds. The van der Waals surface area contributed by atoms with E-state index in [0.29, 0.717) is 5.92 Å². The van der Waals surface area contributed by atoms with E-state index in [1.165, 1.54) is 0 Å². The normalized spacial score (nSPS) is 27.1. The second-order valence-corrected chi connectivity index (χ2v) is 5.13. The Kier molecular flexibility index (Phi) is 3.95. The summed E-state index contributed by atoms with van der Waals surface area (Å²) in [6, 6.07) is 7.51. The molecule has 90 valence electrons. The summed E-state index contributed by atoms with van der Waals surface area (Å²) in [6.07, 6.45) is 5.29. The predicted octanol–water partition coefficient (Wildman–Crippen LogP) is 4.68. The van der Waals surface area contributed by atoms with Crippen LogP contribution in [0.4, 0.5) is 0 Å². The molecular formula is C14H16ClNO. The lowest BCUT2D eigenvalue weighted by atomic mass is 9.82. The summed E-state index contributed by atoms with van der Waals surface area (Å²) in [4.78, 5) is 10.9. The maximum absolute atomic E-state index is 10.9. The highest BCUT2D eigenvalue weighted by Crippen LogP contribution is 2.32. The number of nitroso groups, excluding NO2 is 1. The summed E-state index contributed by atoms with van der Waals surface area (Å²) >= 11 is 5.84. The van der Waals surface area contributed by atoms with Gasteiger partial charge < -0.3 is 0 Å². The van der Waals surface area contributed by atoms with Crippen molar-refractivity contribution in [1.82, 2.24) is 0 Å². The zero-order chi connectivity index (χ0) is 12.3. The van der Waals surface area contributed by atoms with Gasteiger partial charge >= 0.3 is 0 Å². The van der Waals surface area contributed by atoms with Crippen LogP contribution in [0.2, 0.25) is 5.02 Å². The van der Waals surface area contributed by atoms with Crippen LogP contribution in [0, 0.1) is 10.8 Å². The molecule has 1 aromatic carbocycles. The minimum atomic E-state index is -0.153. The topological polar surface area (TPSA) is 29.4 Å². The maximum atomic E-state index is 10.9. The predicted molar refractivity (Wildman–Crippen MR) is 72.0 cm³/mol. The first kappa shape index (κ1) is 12.3. The average molecular weight is 250 g/mol. The first-order valence-corrected chi connectivity index (χ1v) is 6.37. The van der Waals surface area contributed by atoms with Crippen LogP contribution in [0.5, 0.6) is 0 Å². The van der Waals surface area contributed by atoms with E-state index < -0.39 is 0 Å². The van der Waals surface area contributed by atoms with Crippen molar-refractivity contribution in [3.63, 3.8) is 0 Å². The quantitative estimate of drug-likeness (QED) is 0.700. The highest BCUT2D eigenvalue weighted by Gasteiger charge is 2.26. The van der Waals surface area contributed by atoms with Crippen LogP contribution in [0.15, 0.2) is 35.0 Å². The molecule has 0 heterocycles. The molecule has 0 N–H and O–H groups in total. The summed E-state index contributed by atoms with van der Waals surface area (Å²) < 4.78 is 0. The Morgan fingerprint density at radius 1 is 1.35 bits per heavy atom. The fraction of sp³-hybridized carbons (Fsp3) is 0.429. The largest absolute Gasteiger partial charge is 0.150 e. The lowest BCUT2D eigenvalue weighted by Crippen LogP contribution is -2.22. The van der Waals surface area contributed by atoms with Crippen LogP contribution in [0.3, 0.4) is 0 Å². The van der Waals surface area contributed by atoms with Gasteiger partial charge in [-0.2, -0.15) is 4.91 Å². The maximum Gasteiger partial charge on any atom is 0.116 e. The Morgan fingerprint density at radius 3 is 2.71 bits per heavy atom. The zero-order valence-electron chi connectivity index (χ0n) is 9.90. The first-order valence-electron chi connectivity index (χ1n) is 5.99. The molecule has 0 saturated heterocycles. The summed E-state index contributed by atoms with van der Waals surface area (Å²) in [7, 11) is 0. The van der Waals surface area contributed by atoms with E-state index in [2.05, 4.69) is 18.2 Å². The minimum Gasteiger partial charge on any atom is -0.150 e. The van der Waals surface area contributed by atoms with Gasteiger partial charge in [0.05, 0.1) is 0 Å². The van der Waals surface area contributed by atoms with Crippen LogP contribution in [-0.4, -0.2) is 6.04 Å². The van der Waals surface area contributed by atoms with Crippen LogP contribution in [0.1, 0.15) is 31.7 Å². The van der Waals surface area contributed by atoms with Gasteiger partial charge in [0.25, 0.3) is 0 Å².